The minimum Gasteiger partial charge on any atom is -0.480 e. The van der Waals surface area contributed by atoms with E-state index in [0.717, 1.165) is 19.3 Å². The van der Waals surface area contributed by atoms with Crippen molar-refractivity contribution in [2.75, 3.05) is 13.1 Å². The van der Waals surface area contributed by atoms with E-state index in [1.807, 2.05) is 6.92 Å². The van der Waals surface area contributed by atoms with E-state index in [4.69, 9.17) is 0 Å². The number of piperidine rings is 1. The Morgan fingerprint density at radius 1 is 1.23 bits per heavy atom. The first-order valence-electron chi connectivity index (χ1n) is 8.87. The summed E-state index contributed by atoms with van der Waals surface area (Å²) >= 11 is 0. The number of carboxylic acid groups (broad SMARTS) is 1. The molecule has 0 bridgehead atoms. The van der Waals surface area contributed by atoms with Crippen LogP contribution in [0.3, 0.4) is 0 Å². The van der Waals surface area contributed by atoms with Crippen molar-refractivity contribution in [2.45, 2.75) is 56.4 Å². The number of carbonyl (C=O) groups is 2. The molecule has 1 saturated heterocycles. The number of nitrogens with one attached hydrogen (secondary N) is 1. The van der Waals surface area contributed by atoms with Crippen LogP contribution >= 0.6 is 0 Å². The molecule has 0 spiro atoms. The number of nitrogens with zero attached hydrogens (tertiary/aromatic N) is 1. The molecule has 8 heteroatoms. The van der Waals surface area contributed by atoms with Gasteiger partial charge in [-0.05, 0) is 44.4 Å². The normalized spacial score (nSPS) is 18.1. The van der Waals surface area contributed by atoms with Gasteiger partial charge in [0.05, 0.1) is 4.90 Å². The highest BCUT2D eigenvalue weighted by Crippen LogP contribution is 2.22. The minimum absolute atomic E-state index is 0.0552. The van der Waals surface area contributed by atoms with Crippen LogP contribution in [0.1, 0.15) is 56.3 Å². The lowest BCUT2D eigenvalue weighted by Crippen LogP contribution is -2.52. The summed E-state index contributed by atoms with van der Waals surface area (Å²) in [4.78, 5) is 24.1. The van der Waals surface area contributed by atoms with Crippen molar-refractivity contribution in [3.05, 3.63) is 29.8 Å². The fourth-order valence-electron chi connectivity index (χ4n) is 3.10. The lowest BCUT2D eigenvalue weighted by atomic mass is 9.96. The third kappa shape index (κ3) is 4.42. The fourth-order valence-corrected chi connectivity index (χ4v) is 4.66. The molecule has 7 nitrogen and oxygen atoms in total. The largest absolute Gasteiger partial charge is 0.480 e. The van der Waals surface area contributed by atoms with Gasteiger partial charge in [-0.3, -0.25) is 4.79 Å². The maximum absolute atomic E-state index is 12.8. The second kappa shape index (κ2) is 8.18. The number of hydrogen-bond acceptors (Lipinski definition) is 4. The zero-order valence-electron chi connectivity index (χ0n) is 15.2. The van der Waals surface area contributed by atoms with Crippen molar-refractivity contribution in [2.24, 2.45) is 0 Å². The number of carbonyl (C=O) groups excluding carboxylic acids is 1. The smallest absolute Gasteiger partial charge is 0.329 e. The lowest BCUT2D eigenvalue weighted by Gasteiger charge is -2.27. The topological polar surface area (TPSA) is 104 Å². The number of sulfonamides is 1. The van der Waals surface area contributed by atoms with E-state index in [1.54, 1.807) is 0 Å². The van der Waals surface area contributed by atoms with E-state index in [1.165, 1.54) is 35.5 Å². The highest BCUT2D eigenvalue weighted by Gasteiger charge is 2.34. The zero-order valence-corrected chi connectivity index (χ0v) is 16.0. The molecule has 1 aromatic rings. The average Bonchev–Trinajstić information content (AvgIpc) is 2.62. The second-order valence-electron chi connectivity index (χ2n) is 6.83. The summed E-state index contributed by atoms with van der Waals surface area (Å²) in [7, 11) is -3.65. The first kappa shape index (κ1) is 20.4. The molecule has 1 fully saturated rings. The van der Waals surface area contributed by atoms with Crippen molar-refractivity contribution in [3.63, 3.8) is 0 Å². The van der Waals surface area contributed by atoms with Gasteiger partial charge in [0.1, 0.15) is 5.54 Å². The molecule has 2 N–H and O–H groups in total. The van der Waals surface area contributed by atoms with E-state index < -0.39 is 27.4 Å². The van der Waals surface area contributed by atoms with E-state index >= 15 is 0 Å². The molecule has 1 atom stereocenters. The molecule has 1 unspecified atom stereocenters. The number of benzene rings is 1. The minimum atomic E-state index is -3.65. The molecule has 0 aromatic heterocycles. The van der Waals surface area contributed by atoms with Gasteiger partial charge in [-0.1, -0.05) is 25.8 Å². The van der Waals surface area contributed by atoms with E-state index in [2.05, 4.69) is 5.32 Å². The first-order chi connectivity index (χ1) is 12.2. The van der Waals surface area contributed by atoms with Crippen LogP contribution in [0, 0.1) is 0 Å². The molecule has 1 amide bonds. The Morgan fingerprint density at radius 2 is 1.88 bits per heavy atom. The van der Waals surface area contributed by atoms with Crippen LogP contribution in [0.15, 0.2) is 29.2 Å². The number of aliphatic carboxylic acids is 1. The summed E-state index contributed by atoms with van der Waals surface area (Å²) in [6.07, 6.45) is 3.53. The molecule has 0 saturated carbocycles. The molecule has 1 aromatic carbocycles. The Morgan fingerprint density at radius 3 is 2.46 bits per heavy atom. The van der Waals surface area contributed by atoms with E-state index in [-0.39, 0.29) is 16.9 Å². The molecule has 1 aliphatic rings. The molecule has 144 valence electrons. The van der Waals surface area contributed by atoms with Gasteiger partial charge in [0, 0.05) is 18.7 Å². The van der Waals surface area contributed by atoms with Crippen LogP contribution in [-0.2, 0) is 14.8 Å². The Labute approximate surface area is 154 Å². The van der Waals surface area contributed by atoms with Crippen LogP contribution in [0.5, 0.6) is 0 Å². The summed E-state index contributed by atoms with van der Waals surface area (Å²) < 4.78 is 27.0. The van der Waals surface area contributed by atoms with Gasteiger partial charge in [-0.2, -0.15) is 4.31 Å². The number of hydrogen-bond donors (Lipinski definition) is 2. The molecular weight excluding hydrogens is 356 g/mol. The fraction of sp³-hybridized carbons (Fsp3) is 0.556. The number of amides is 1. The zero-order chi connectivity index (χ0) is 19.4. The van der Waals surface area contributed by atoms with Gasteiger partial charge in [0.15, 0.2) is 0 Å². The summed E-state index contributed by atoms with van der Waals surface area (Å²) in [5.74, 6) is -1.72. The Hall–Kier alpha value is -1.93. The molecule has 0 radical (unpaired) electrons. The monoisotopic (exact) mass is 382 g/mol. The number of carboxylic acids is 1. The van der Waals surface area contributed by atoms with Crippen LogP contribution in [-0.4, -0.2) is 48.3 Å². The summed E-state index contributed by atoms with van der Waals surface area (Å²) in [5.41, 5.74) is -1.26. The van der Waals surface area contributed by atoms with Crippen molar-refractivity contribution in [1.82, 2.24) is 9.62 Å². The summed E-state index contributed by atoms with van der Waals surface area (Å²) in [6, 6.07) is 5.76. The lowest BCUT2D eigenvalue weighted by molar-refractivity contribution is -0.144. The van der Waals surface area contributed by atoms with Crippen LogP contribution in [0.25, 0.3) is 0 Å². The predicted octanol–water partition coefficient (Wildman–Crippen LogP) is 2.23. The van der Waals surface area contributed by atoms with E-state index in [0.29, 0.717) is 19.5 Å². The van der Waals surface area contributed by atoms with E-state index in [9.17, 15) is 23.1 Å². The summed E-state index contributed by atoms with van der Waals surface area (Å²) in [5, 5.41) is 11.9. The third-order valence-electron chi connectivity index (χ3n) is 4.66. The Bertz CT molecular complexity index is 772. The maximum Gasteiger partial charge on any atom is 0.329 e. The maximum atomic E-state index is 12.8. The van der Waals surface area contributed by atoms with Gasteiger partial charge in [0.25, 0.3) is 5.91 Å². The van der Waals surface area contributed by atoms with Gasteiger partial charge >= 0.3 is 5.97 Å². The van der Waals surface area contributed by atoms with Crippen LogP contribution < -0.4 is 5.32 Å². The van der Waals surface area contributed by atoms with Gasteiger partial charge in [-0.15, -0.1) is 0 Å². The van der Waals surface area contributed by atoms with Crippen molar-refractivity contribution in [1.29, 1.82) is 0 Å². The van der Waals surface area contributed by atoms with Gasteiger partial charge < -0.3 is 10.4 Å². The van der Waals surface area contributed by atoms with Crippen LogP contribution in [0.2, 0.25) is 0 Å². The van der Waals surface area contributed by atoms with Gasteiger partial charge in [-0.25, -0.2) is 13.2 Å². The second-order valence-corrected chi connectivity index (χ2v) is 8.77. The molecule has 2 rings (SSSR count). The van der Waals surface area contributed by atoms with Crippen molar-refractivity contribution >= 4 is 21.9 Å². The van der Waals surface area contributed by atoms with Gasteiger partial charge in [0.2, 0.25) is 10.0 Å². The quantitative estimate of drug-likeness (QED) is 0.753. The highest BCUT2D eigenvalue weighted by atomic mass is 32.2. The highest BCUT2D eigenvalue weighted by molar-refractivity contribution is 7.89. The molecule has 0 aliphatic carbocycles. The Kier molecular flexibility index (Phi) is 6.41. The van der Waals surface area contributed by atoms with Crippen molar-refractivity contribution < 1.29 is 23.1 Å². The third-order valence-corrected chi connectivity index (χ3v) is 6.56. The Balaban J connectivity index is 2.25. The SMILES string of the molecule is CCCC(C)(NC(=O)c1cccc(S(=O)(=O)N2CCCCC2)c1)C(=O)O. The molecule has 1 heterocycles. The number of rotatable bonds is 7. The van der Waals surface area contributed by atoms with Crippen LogP contribution in [0.4, 0.5) is 0 Å². The molecule has 26 heavy (non-hydrogen) atoms. The average molecular weight is 382 g/mol. The molecular formula is C18H26N2O5S. The first-order valence-corrected chi connectivity index (χ1v) is 10.3. The molecule has 1 aliphatic heterocycles. The standard InChI is InChI=1S/C18H26N2O5S/c1-3-10-18(2,17(22)23)19-16(21)14-8-7-9-15(13-14)26(24,25)20-11-5-4-6-12-20/h7-9,13H,3-6,10-12H2,1-2H3,(H,19,21)(H,22,23). The predicted molar refractivity (Wildman–Crippen MR) is 97.5 cm³/mol. The van der Waals surface area contributed by atoms with Crippen molar-refractivity contribution in [3.8, 4) is 0 Å². The summed E-state index contributed by atoms with van der Waals surface area (Å²) in [6.45, 7) is 4.24.